The van der Waals surface area contributed by atoms with Crippen LogP contribution in [0, 0.1) is 5.41 Å². The van der Waals surface area contributed by atoms with E-state index in [-0.39, 0.29) is 0 Å². The van der Waals surface area contributed by atoms with Crippen molar-refractivity contribution >= 4 is 0 Å². The molecule has 0 amide bonds. The molecule has 1 aliphatic heterocycles. The van der Waals surface area contributed by atoms with Gasteiger partial charge in [0.15, 0.2) is 0 Å². The fourth-order valence-electron chi connectivity index (χ4n) is 4.11. The van der Waals surface area contributed by atoms with Gasteiger partial charge < -0.3 is 5.32 Å². The van der Waals surface area contributed by atoms with Crippen LogP contribution >= 0.6 is 0 Å². The third-order valence-corrected chi connectivity index (χ3v) is 4.85. The van der Waals surface area contributed by atoms with E-state index in [1.807, 2.05) is 0 Å². The van der Waals surface area contributed by atoms with Gasteiger partial charge in [0.1, 0.15) is 0 Å². The molecule has 0 radical (unpaired) electrons. The molecule has 0 bridgehead atoms. The first-order chi connectivity index (χ1) is 5.87. The maximum atomic E-state index is 3.75. The van der Waals surface area contributed by atoms with E-state index >= 15 is 0 Å². The summed E-state index contributed by atoms with van der Waals surface area (Å²) in [6, 6.07) is 0. The number of hydrogen-bond acceptors (Lipinski definition) is 1. The smallest absolute Gasteiger partial charge is 0.0249 e. The zero-order valence-electron chi connectivity index (χ0n) is 7.86. The van der Waals surface area contributed by atoms with Crippen LogP contribution in [0.5, 0.6) is 0 Å². The molecule has 3 aliphatic rings. The van der Waals surface area contributed by atoms with Gasteiger partial charge >= 0.3 is 0 Å². The second-order valence-corrected chi connectivity index (χ2v) is 5.10. The molecule has 0 aromatic heterocycles. The molecule has 68 valence electrons. The lowest BCUT2D eigenvalue weighted by atomic mass is 9.65. The van der Waals surface area contributed by atoms with Gasteiger partial charge in [-0.25, -0.2) is 0 Å². The predicted octanol–water partition coefficient (Wildman–Crippen LogP) is 2.46. The van der Waals surface area contributed by atoms with Crippen LogP contribution in [-0.2, 0) is 0 Å². The Hall–Kier alpha value is -0.0400. The molecule has 0 aromatic carbocycles. The van der Waals surface area contributed by atoms with Gasteiger partial charge in [0, 0.05) is 5.54 Å². The van der Waals surface area contributed by atoms with E-state index in [1.165, 1.54) is 57.9 Å². The molecule has 2 spiro atoms. The topological polar surface area (TPSA) is 12.0 Å². The number of nitrogens with one attached hydrogen (secondary N) is 1. The van der Waals surface area contributed by atoms with E-state index in [9.17, 15) is 0 Å². The molecule has 2 aliphatic carbocycles. The van der Waals surface area contributed by atoms with Crippen molar-refractivity contribution in [1.29, 1.82) is 0 Å². The van der Waals surface area contributed by atoms with E-state index in [4.69, 9.17) is 0 Å². The summed E-state index contributed by atoms with van der Waals surface area (Å²) in [7, 11) is 0. The average Bonchev–Trinajstić information content (AvgIpc) is 2.57. The van der Waals surface area contributed by atoms with Gasteiger partial charge in [-0.15, -0.1) is 0 Å². The molecule has 1 heteroatoms. The van der Waals surface area contributed by atoms with Crippen LogP contribution in [0.4, 0.5) is 0 Å². The monoisotopic (exact) mass is 165 g/mol. The van der Waals surface area contributed by atoms with Crippen molar-refractivity contribution < 1.29 is 0 Å². The van der Waals surface area contributed by atoms with Crippen LogP contribution in [0.3, 0.4) is 0 Å². The van der Waals surface area contributed by atoms with E-state index in [1.54, 1.807) is 0 Å². The molecule has 1 saturated heterocycles. The summed E-state index contributed by atoms with van der Waals surface area (Å²) in [6.45, 7) is 1.29. The van der Waals surface area contributed by atoms with Gasteiger partial charge in [-0.3, -0.25) is 0 Å². The maximum absolute atomic E-state index is 3.75. The van der Waals surface area contributed by atoms with Crippen LogP contribution in [0.15, 0.2) is 0 Å². The Labute approximate surface area is 74.9 Å². The molecule has 1 unspecified atom stereocenters. The zero-order chi connectivity index (χ0) is 8.07. The summed E-state index contributed by atoms with van der Waals surface area (Å²) in [5.74, 6) is 0. The first-order valence-electron chi connectivity index (χ1n) is 5.62. The first-order valence-corrected chi connectivity index (χ1v) is 5.62. The van der Waals surface area contributed by atoms with Crippen molar-refractivity contribution in [3.63, 3.8) is 0 Å². The molecule has 12 heavy (non-hydrogen) atoms. The lowest BCUT2D eigenvalue weighted by molar-refractivity contribution is 0.0567. The SMILES string of the molecule is C1CCC2(C1)CCCC21CCN1. The Morgan fingerprint density at radius 1 is 0.750 bits per heavy atom. The third-order valence-electron chi connectivity index (χ3n) is 4.85. The van der Waals surface area contributed by atoms with Crippen LogP contribution in [0.1, 0.15) is 51.4 Å². The van der Waals surface area contributed by atoms with Crippen LogP contribution in [0.25, 0.3) is 0 Å². The fourth-order valence-corrected chi connectivity index (χ4v) is 4.11. The second kappa shape index (κ2) is 2.25. The lowest BCUT2D eigenvalue weighted by Crippen LogP contribution is -2.63. The molecule has 3 rings (SSSR count). The number of hydrogen-bond donors (Lipinski definition) is 1. The van der Waals surface area contributed by atoms with Gasteiger partial charge in [0.2, 0.25) is 0 Å². The Balaban J connectivity index is 1.91. The Kier molecular flexibility index (Phi) is 1.39. The van der Waals surface area contributed by atoms with Crippen LogP contribution < -0.4 is 5.32 Å². The second-order valence-electron chi connectivity index (χ2n) is 5.10. The van der Waals surface area contributed by atoms with Gasteiger partial charge in [-0.05, 0) is 44.1 Å². The van der Waals surface area contributed by atoms with Crippen molar-refractivity contribution in [1.82, 2.24) is 5.32 Å². The van der Waals surface area contributed by atoms with Gasteiger partial charge in [-0.2, -0.15) is 0 Å². The maximum Gasteiger partial charge on any atom is 0.0249 e. The van der Waals surface area contributed by atoms with Crippen LogP contribution in [-0.4, -0.2) is 12.1 Å². The average molecular weight is 165 g/mol. The number of fused-ring (bicyclic) bond motifs is 1. The molecular formula is C11H19N. The Morgan fingerprint density at radius 2 is 1.42 bits per heavy atom. The Morgan fingerprint density at radius 3 is 2.00 bits per heavy atom. The summed E-state index contributed by atoms with van der Waals surface area (Å²) >= 11 is 0. The highest BCUT2D eigenvalue weighted by Gasteiger charge is 2.57. The zero-order valence-corrected chi connectivity index (χ0v) is 7.86. The molecule has 1 heterocycles. The van der Waals surface area contributed by atoms with Crippen molar-refractivity contribution in [3.8, 4) is 0 Å². The van der Waals surface area contributed by atoms with E-state index in [0.29, 0.717) is 5.54 Å². The quantitative estimate of drug-likeness (QED) is 0.581. The normalized spacial score (nSPS) is 44.0. The number of rotatable bonds is 0. The summed E-state index contributed by atoms with van der Waals surface area (Å²) in [5, 5.41) is 3.75. The van der Waals surface area contributed by atoms with Crippen molar-refractivity contribution in [2.75, 3.05) is 6.54 Å². The summed E-state index contributed by atoms with van der Waals surface area (Å²) < 4.78 is 0. The van der Waals surface area contributed by atoms with Gasteiger partial charge in [0.25, 0.3) is 0 Å². The minimum Gasteiger partial charge on any atom is -0.311 e. The highest BCUT2D eigenvalue weighted by atomic mass is 15.1. The minimum atomic E-state index is 0.642. The van der Waals surface area contributed by atoms with E-state index < -0.39 is 0 Å². The van der Waals surface area contributed by atoms with Gasteiger partial charge in [-0.1, -0.05) is 19.3 Å². The fraction of sp³-hybridized carbons (Fsp3) is 1.00. The first kappa shape index (κ1) is 7.37. The minimum absolute atomic E-state index is 0.642. The summed E-state index contributed by atoms with van der Waals surface area (Å²) in [6.07, 6.45) is 12.0. The van der Waals surface area contributed by atoms with E-state index in [2.05, 4.69) is 5.32 Å². The van der Waals surface area contributed by atoms with Gasteiger partial charge in [0.05, 0.1) is 0 Å². The van der Waals surface area contributed by atoms with Crippen LogP contribution in [0.2, 0.25) is 0 Å². The summed E-state index contributed by atoms with van der Waals surface area (Å²) in [5.41, 5.74) is 1.41. The third kappa shape index (κ3) is 0.693. The highest BCUT2D eigenvalue weighted by Crippen LogP contribution is 2.59. The summed E-state index contributed by atoms with van der Waals surface area (Å²) in [4.78, 5) is 0. The standard InChI is InChI=1S/C11H19N/c1-2-5-10(4-1)6-3-7-11(10)8-9-12-11/h12H,1-9H2. The molecule has 3 fully saturated rings. The van der Waals surface area contributed by atoms with Crippen molar-refractivity contribution in [2.45, 2.75) is 56.9 Å². The molecule has 0 aromatic rings. The lowest BCUT2D eigenvalue weighted by Gasteiger charge is -2.52. The highest BCUT2D eigenvalue weighted by molar-refractivity contribution is 5.14. The predicted molar refractivity (Wildman–Crippen MR) is 50.1 cm³/mol. The van der Waals surface area contributed by atoms with Crippen molar-refractivity contribution in [2.24, 2.45) is 5.41 Å². The molecule has 1 atom stereocenters. The Bertz CT molecular complexity index is 182. The molecule has 1 N–H and O–H groups in total. The van der Waals surface area contributed by atoms with E-state index in [0.717, 1.165) is 5.41 Å². The molecule has 2 saturated carbocycles. The largest absolute Gasteiger partial charge is 0.311 e. The molecule has 1 nitrogen and oxygen atoms in total. The van der Waals surface area contributed by atoms with Crippen molar-refractivity contribution in [3.05, 3.63) is 0 Å². The molecular weight excluding hydrogens is 146 g/mol.